The summed E-state index contributed by atoms with van der Waals surface area (Å²) >= 11 is 7.76. The molecule has 0 atom stereocenters. The van der Waals surface area contributed by atoms with E-state index in [1.807, 2.05) is 19.9 Å². The Hall–Kier alpha value is -2.71. The molecule has 0 aliphatic carbocycles. The van der Waals surface area contributed by atoms with Gasteiger partial charge in [-0.1, -0.05) is 22.9 Å². The molecule has 0 amide bonds. The number of esters is 1. The fraction of sp³-hybridized carbons (Fsp3) is 0.263. The maximum atomic E-state index is 11.9. The molecule has 0 saturated heterocycles. The summed E-state index contributed by atoms with van der Waals surface area (Å²) in [5.74, 6) is -0.0234. The van der Waals surface area contributed by atoms with Crippen LogP contribution in [0, 0.1) is 6.92 Å². The predicted octanol–water partition coefficient (Wildman–Crippen LogP) is 4.91. The molecule has 0 fully saturated rings. The SMILES string of the molecule is CCNc1nc(C)c(-c2ccnc(Nc3ccc(C(=O)OCC)c(Cl)c3)n2)s1. The molecular formula is C19H20ClN5O2S. The number of aromatic nitrogens is 3. The molecule has 7 nitrogen and oxygen atoms in total. The summed E-state index contributed by atoms with van der Waals surface area (Å²) in [6, 6.07) is 6.83. The van der Waals surface area contributed by atoms with Gasteiger partial charge in [0, 0.05) is 18.4 Å². The van der Waals surface area contributed by atoms with Gasteiger partial charge in [0.15, 0.2) is 5.13 Å². The van der Waals surface area contributed by atoms with Gasteiger partial charge in [-0.3, -0.25) is 0 Å². The summed E-state index contributed by atoms with van der Waals surface area (Å²) in [7, 11) is 0. The van der Waals surface area contributed by atoms with Gasteiger partial charge in [0.2, 0.25) is 5.95 Å². The first-order chi connectivity index (χ1) is 13.5. The molecule has 0 aliphatic rings. The lowest BCUT2D eigenvalue weighted by molar-refractivity contribution is 0.0526. The van der Waals surface area contributed by atoms with E-state index in [0.29, 0.717) is 28.8 Å². The first-order valence-electron chi connectivity index (χ1n) is 8.80. The Kier molecular flexibility index (Phi) is 6.43. The second-order valence-corrected chi connectivity index (χ2v) is 7.18. The second-order valence-electron chi connectivity index (χ2n) is 5.77. The van der Waals surface area contributed by atoms with E-state index in [2.05, 4.69) is 25.6 Å². The highest BCUT2D eigenvalue weighted by Crippen LogP contribution is 2.32. The predicted molar refractivity (Wildman–Crippen MR) is 113 cm³/mol. The Morgan fingerprint density at radius 3 is 2.79 bits per heavy atom. The third kappa shape index (κ3) is 4.58. The van der Waals surface area contributed by atoms with Gasteiger partial charge in [-0.25, -0.2) is 19.7 Å². The average Bonchev–Trinajstić information content (AvgIpc) is 3.03. The minimum absolute atomic E-state index is 0.294. The zero-order valence-electron chi connectivity index (χ0n) is 15.7. The number of nitrogens with one attached hydrogen (secondary N) is 2. The molecule has 2 aromatic heterocycles. The Morgan fingerprint density at radius 1 is 1.25 bits per heavy atom. The molecule has 2 heterocycles. The number of anilines is 3. The first kappa shape index (κ1) is 20.0. The van der Waals surface area contributed by atoms with Crippen LogP contribution in [0.3, 0.4) is 0 Å². The van der Waals surface area contributed by atoms with Crippen molar-refractivity contribution in [2.75, 3.05) is 23.8 Å². The molecule has 0 saturated carbocycles. The molecule has 146 valence electrons. The van der Waals surface area contributed by atoms with E-state index in [-0.39, 0.29) is 0 Å². The van der Waals surface area contributed by atoms with Gasteiger partial charge in [0.25, 0.3) is 0 Å². The highest BCUT2D eigenvalue weighted by atomic mass is 35.5. The topological polar surface area (TPSA) is 89.0 Å². The molecule has 0 bridgehead atoms. The van der Waals surface area contributed by atoms with Crippen LogP contribution in [0.5, 0.6) is 0 Å². The van der Waals surface area contributed by atoms with Crippen LogP contribution in [0.4, 0.5) is 16.8 Å². The van der Waals surface area contributed by atoms with E-state index in [1.165, 1.54) is 0 Å². The Labute approximate surface area is 172 Å². The van der Waals surface area contributed by atoms with Crippen LogP contribution in [-0.4, -0.2) is 34.1 Å². The highest BCUT2D eigenvalue weighted by molar-refractivity contribution is 7.19. The van der Waals surface area contributed by atoms with E-state index < -0.39 is 5.97 Å². The van der Waals surface area contributed by atoms with Gasteiger partial charge in [0.05, 0.1) is 33.5 Å². The Balaban J connectivity index is 1.82. The fourth-order valence-corrected chi connectivity index (χ4v) is 3.76. The molecule has 3 aromatic rings. The van der Waals surface area contributed by atoms with Gasteiger partial charge in [-0.2, -0.15) is 0 Å². The van der Waals surface area contributed by atoms with Gasteiger partial charge >= 0.3 is 5.97 Å². The monoisotopic (exact) mass is 417 g/mol. The molecule has 1 aromatic carbocycles. The number of carbonyl (C=O) groups is 1. The van der Waals surface area contributed by atoms with Crippen molar-refractivity contribution in [1.29, 1.82) is 0 Å². The van der Waals surface area contributed by atoms with Crippen molar-refractivity contribution < 1.29 is 9.53 Å². The van der Waals surface area contributed by atoms with Crippen LogP contribution in [0.15, 0.2) is 30.5 Å². The molecule has 2 N–H and O–H groups in total. The molecule has 9 heteroatoms. The maximum Gasteiger partial charge on any atom is 0.339 e. The van der Waals surface area contributed by atoms with Gasteiger partial charge in [-0.15, -0.1) is 0 Å². The van der Waals surface area contributed by atoms with Crippen molar-refractivity contribution in [3.8, 4) is 10.6 Å². The lowest BCUT2D eigenvalue weighted by Crippen LogP contribution is -2.06. The van der Waals surface area contributed by atoms with E-state index in [9.17, 15) is 4.79 Å². The van der Waals surface area contributed by atoms with Crippen molar-refractivity contribution in [3.63, 3.8) is 0 Å². The molecule has 3 rings (SSSR count). The van der Waals surface area contributed by atoms with Crippen molar-refractivity contribution >= 4 is 45.7 Å². The molecule has 0 radical (unpaired) electrons. The largest absolute Gasteiger partial charge is 0.462 e. The van der Waals surface area contributed by atoms with Gasteiger partial charge < -0.3 is 15.4 Å². The number of aryl methyl sites for hydroxylation is 1. The molecule has 28 heavy (non-hydrogen) atoms. The summed E-state index contributed by atoms with van der Waals surface area (Å²) in [5, 5.41) is 7.50. The summed E-state index contributed by atoms with van der Waals surface area (Å²) in [6.45, 7) is 6.84. The molecule has 0 aliphatic heterocycles. The molecule has 0 spiro atoms. The number of rotatable bonds is 7. The quantitative estimate of drug-likeness (QED) is 0.527. The Bertz CT molecular complexity index is 992. The number of benzene rings is 1. The van der Waals surface area contributed by atoms with Crippen molar-refractivity contribution in [3.05, 3.63) is 46.7 Å². The second kappa shape index (κ2) is 8.99. The molecule has 0 unspecified atom stereocenters. The third-order valence-corrected chi connectivity index (χ3v) is 5.18. The average molecular weight is 418 g/mol. The number of hydrogen-bond acceptors (Lipinski definition) is 8. The smallest absolute Gasteiger partial charge is 0.339 e. The maximum absolute atomic E-state index is 11.9. The van der Waals surface area contributed by atoms with Crippen LogP contribution in [0.1, 0.15) is 29.9 Å². The van der Waals surface area contributed by atoms with Crippen molar-refractivity contribution in [2.24, 2.45) is 0 Å². The summed E-state index contributed by atoms with van der Waals surface area (Å²) in [6.07, 6.45) is 1.69. The molecular weight excluding hydrogens is 398 g/mol. The standard InChI is InChI=1S/C19H20ClN5O2S/c1-4-21-19-23-11(3)16(28-19)15-8-9-22-18(25-15)24-12-6-7-13(14(20)10-12)17(26)27-5-2/h6-10H,4-5H2,1-3H3,(H,21,23)(H,22,24,25). The lowest BCUT2D eigenvalue weighted by atomic mass is 10.2. The number of nitrogens with zero attached hydrogens (tertiary/aromatic N) is 3. The van der Waals surface area contributed by atoms with Crippen molar-refractivity contribution in [1.82, 2.24) is 15.0 Å². The van der Waals surface area contributed by atoms with E-state index >= 15 is 0 Å². The van der Waals surface area contributed by atoms with Gasteiger partial charge in [0.1, 0.15) is 0 Å². The van der Waals surface area contributed by atoms with E-state index in [0.717, 1.165) is 27.9 Å². The first-order valence-corrected chi connectivity index (χ1v) is 9.99. The van der Waals surface area contributed by atoms with Crippen LogP contribution >= 0.6 is 22.9 Å². The summed E-state index contributed by atoms with van der Waals surface area (Å²) < 4.78 is 4.98. The number of thiazole rings is 1. The van der Waals surface area contributed by atoms with E-state index in [1.54, 1.807) is 42.7 Å². The number of carbonyl (C=O) groups excluding carboxylic acids is 1. The fourth-order valence-electron chi connectivity index (χ4n) is 2.50. The van der Waals surface area contributed by atoms with Crippen LogP contribution < -0.4 is 10.6 Å². The van der Waals surface area contributed by atoms with Crippen LogP contribution in [0.2, 0.25) is 5.02 Å². The minimum atomic E-state index is -0.450. The lowest BCUT2D eigenvalue weighted by Gasteiger charge is -2.09. The Morgan fingerprint density at radius 2 is 2.07 bits per heavy atom. The van der Waals surface area contributed by atoms with E-state index in [4.69, 9.17) is 16.3 Å². The number of halogens is 1. The number of ether oxygens (including phenoxy) is 1. The zero-order chi connectivity index (χ0) is 20.1. The van der Waals surface area contributed by atoms with Crippen LogP contribution in [-0.2, 0) is 4.74 Å². The number of hydrogen-bond donors (Lipinski definition) is 2. The van der Waals surface area contributed by atoms with Crippen molar-refractivity contribution in [2.45, 2.75) is 20.8 Å². The summed E-state index contributed by atoms with van der Waals surface area (Å²) in [4.78, 5) is 26.2. The zero-order valence-corrected chi connectivity index (χ0v) is 17.3. The minimum Gasteiger partial charge on any atom is -0.462 e. The van der Waals surface area contributed by atoms with Crippen LogP contribution in [0.25, 0.3) is 10.6 Å². The third-order valence-electron chi connectivity index (χ3n) is 3.73. The summed E-state index contributed by atoms with van der Waals surface area (Å²) in [5.41, 5.74) is 2.68. The highest BCUT2D eigenvalue weighted by Gasteiger charge is 2.14. The van der Waals surface area contributed by atoms with Gasteiger partial charge in [-0.05, 0) is 45.0 Å². The normalized spacial score (nSPS) is 10.6.